The molecule has 1 heterocycles. The number of anilines is 1. The van der Waals surface area contributed by atoms with Crippen molar-refractivity contribution in [3.63, 3.8) is 0 Å². The minimum absolute atomic E-state index is 0.733. The van der Waals surface area contributed by atoms with Crippen LogP contribution in [0.15, 0.2) is 54.7 Å². The predicted molar refractivity (Wildman–Crippen MR) is 103 cm³/mol. The molecule has 124 valence electrons. The summed E-state index contributed by atoms with van der Waals surface area (Å²) in [5.41, 5.74) is 10.6. The highest BCUT2D eigenvalue weighted by atomic mass is 15.0. The Morgan fingerprint density at radius 3 is 2.50 bits per heavy atom. The highest BCUT2D eigenvalue weighted by Gasteiger charge is 2.13. The molecule has 24 heavy (non-hydrogen) atoms. The number of fused-ring (bicyclic) bond motifs is 1. The maximum Gasteiger partial charge on any atom is 0.0535 e. The second kappa shape index (κ2) is 7.35. The third kappa shape index (κ3) is 3.35. The summed E-state index contributed by atoms with van der Waals surface area (Å²) < 4.78 is 2.16. The Labute approximate surface area is 143 Å². The topological polar surface area (TPSA) is 54.8 Å². The predicted octanol–water partition coefficient (Wildman–Crippen LogP) is 5.55. The molecule has 0 bridgehead atoms. The summed E-state index contributed by atoms with van der Waals surface area (Å²) >= 11 is 0. The van der Waals surface area contributed by atoms with Crippen molar-refractivity contribution in [2.45, 2.75) is 39.0 Å². The van der Waals surface area contributed by atoms with E-state index < -0.39 is 0 Å². The van der Waals surface area contributed by atoms with Gasteiger partial charge in [-0.2, -0.15) is 0 Å². The molecule has 3 N–H and O–H groups in total. The molecular weight excluding hydrogens is 294 g/mol. The average Bonchev–Trinajstić information content (AvgIpc) is 2.99. The third-order valence-corrected chi connectivity index (χ3v) is 4.49. The van der Waals surface area contributed by atoms with E-state index in [-0.39, 0.29) is 0 Å². The van der Waals surface area contributed by atoms with Gasteiger partial charge in [0.25, 0.3) is 0 Å². The second-order valence-corrected chi connectivity index (χ2v) is 6.31. The van der Waals surface area contributed by atoms with E-state index in [1.54, 1.807) is 0 Å². The first kappa shape index (κ1) is 16.3. The van der Waals surface area contributed by atoms with Crippen molar-refractivity contribution in [1.82, 2.24) is 4.57 Å². The standard InChI is InChI=1S/C21H25N3/c1-2-3-4-5-9-20(23)19-15-24(17-13-11-16(22)12-14-17)21-10-7-6-8-18(19)21/h6-8,10-15,23H,2-5,9,22H2,1H3. The summed E-state index contributed by atoms with van der Waals surface area (Å²) in [6.45, 7) is 2.21. The number of rotatable bonds is 7. The largest absolute Gasteiger partial charge is 0.399 e. The quantitative estimate of drug-likeness (QED) is 0.335. The molecule has 0 unspecified atom stereocenters. The number of unbranched alkanes of at least 4 members (excludes halogenated alkanes) is 3. The minimum atomic E-state index is 0.733. The molecule has 0 radical (unpaired) electrons. The van der Waals surface area contributed by atoms with Gasteiger partial charge in [0.15, 0.2) is 0 Å². The normalized spacial score (nSPS) is 11.0. The highest BCUT2D eigenvalue weighted by molar-refractivity contribution is 6.09. The molecule has 0 aliphatic heterocycles. The van der Waals surface area contributed by atoms with Crippen molar-refractivity contribution >= 4 is 22.3 Å². The SMILES string of the molecule is CCCCCCC(=N)c1cn(-c2ccc(N)cc2)c2ccccc12. The molecule has 0 saturated carbocycles. The maximum absolute atomic E-state index is 8.52. The van der Waals surface area contributed by atoms with Gasteiger partial charge in [-0.15, -0.1) is 0 Å². The number of hydrogen-bond donors (Lipinski definition) is 2. The molecular formula is C21H25N3. The van der Waals surface area contributed by atoms with Gasteiger partial charge < -0.3 is 15.7 Å². The molecule has 0 fully saturated rings. The van der Waals surface area contributed by atoms with Crippen molar-refractivity contribution in [2.75, 3.05) is 5.73 Å². The van der Waals surface area contributed by atoms with Crippen LogP contribution in [0.1, 0.15) is 44.6 Å². The molecule has 0 aliphatic carbocycles. The fourth-order valence-electron chi connectivity index (χ4n) is 3.13. The molecule has 3 heteroatoms. The average molecular weight is 319 g/mol. The number of nitrogens with two attached hydrogens (primary N) is 1. The number of aromatic nitrogens is 1. The number of nitrogens with zero attached hydrogens (tertiary/aromatic N) is 1. The van der Waals surface area contributed by atoms with Gasteiger partial charge in [0, 0.05) is 34.2 Å². The van der Waals surface area contributed by atoms with Crippen molar-refractivity contribution in [3.05, 3.63) is 60.3 Å². The summed E-state index contributed by atoms with van der Waals surface area (Å²) in [7, 11) is 0. The van der Waals surface area contributed by atoms with Gasteiger partial charge in [-0.1, -0.05) is 44.4 Å². The summed E-state index contributed by atoms with van der Waals surface area (Å²) in [5, 5.41) is 9.67. The van der Waals surface area contributed by atoms with Gasteiger partial charge in [0.1, 0.15) is 0 Å². The molecule has 0 aliphatic rings. The highest BCUT2D eigenvalue weighted by Crippen LogP contribution is 2.26. The van der Waals surface area contributed by atoms with Gasteiger partial charge in [0.2, 0.25) is 0 Å². The fraction of sp³-hybridized carbons (Fsp3) is 0.286. The zero-order valence-corrected chi connectivity index (χ0v) is 14.3. The zero-order chi connectivity index (χ0) is 16.9. The molecule has 0 saturated heterocycles. The fourth-order valence-corrected chi connectivity index (χ4v) is 3.13. The minimum Gasteiger partial charge on any atom is -0.399 e. The third-order valence-electron chi connectivity index (χ3n) is 4.49. The first-order valence-electron chi connectivity index (χ1n) is 8.74. The van der Waals surface area contributed by atoms with Gasteiger partial charge in [-0.05, 0) is 43.2 Å². The summed E-state index contributed by atoms with van der Waals surface area (Å²) in [5.74, 6) is 0. The summed E-state index contributed by atoms with van der Waals surface area (Å²) in [4.78, 5) is 0. The van der Waals surface area contributed by atoms with Crippen molar-refractivity contribution < 1.29 is 0 Å². The van der Waals surface area contributed by atoms with Crippen molar-refractivity contribution in [1.29, 1.82) is 5.41 Å². The Morgan fingerprint density at radius 1 is 1.00 bits per heavy atom. The van der Waals surface area contributed by atoms with E-state index in [1.165, 1.54) is 19.3 Å². The molecule has 3 aromatic rings. The van der Waals surface area contributed by atoms with Gasteiger partial charge >= 0.3 is 0 Å². The van der Waals surface area contributed by atoms with Crippen LogP contribution in [0.2, 0.25) is 0 Å². The van der Waals surface area contributed by atoms with E-state index in [4.69, 9.17) is 11.1 Å². The molecule has 0 amide bonds. The summed E-state index contributed by atoms with van der Waals surface area (Å²) in [6.07, 6.45) is 7.71. The van der Waals surface area contributed by atoms with Crippen LogP contribution in [0.4, 0.5) is 5.69 Å². The first-order chi connectivity index (χ1) is 11.7. The Hall–Kier alpha value is -2.55. The van der Waals surface area contributed by atoms with Crippen LogP contribution in [-0.2, 0) is 0 Å². The van der Waals surface area contributed by atoms with Crippen LogP contribution in [0.25, 0.3) is 16.6 Å². The van der Waals surface area contributed by atoms with E-state index in [1.807, 2.05) is 36.4 Å². The maximum atomic E-state index is 8.52. The Morgan fingerprint density at radius 2 is 1.75 bits per heavy atom. The van der Waals surface area contributed by atoms with Crippen LogP contribution in [0.3, 0.4) is 0 Å². The lowest BCUT2D eigenvalue weighted by molar-refractivity contribution is 0.682. The number of benzene rings is 2. The van der Waals surface area contributed by atoms with Crippen molar-refractivity contribution in [3.8, 4) is 5.69 Å². The van der Waals surface area contributed by atoms with Gasteiger partial charge in [-0.25, -0.2) is 0 Å². The van der Waals surface area contributed by atoms with Crippen LogP contribution < -0.4 is 5.73 Å². The Bertz CT molecular complexity index is 828. The number of nitrogens with one attached hydrogen (secondary N) is 1. The molecule has 0 spiro atoms. The van der Waals surface area contributed by atoms with Crippen LogP contribution in [0, 0.1) is 5.41 Å². The lowest BCUT2D eigenvalue weighted by atomic mass is 10.0. The summed E-state index contributed by atoms with van der Waals surface area (Å²) in [6, 6.07) is 16.2. The van der Waals surface area contributed by atoms with Crippen LogP contribution >= 0.6 is 0 Å². The van der Waals surface area contributed by atoms with Gasteiger partial charge in [-0.3, -0.25) is 0 Å². The smallest absolute Gasteiger partial charge is 0.0535 e. The molecule has 2 aromatic carbocycles. The Balaban J connectivity index is 1.94. The molecule has 0 atom stereocenters. The van der Waals surface area contributed by atoms with E-state index in [0.29, 0.717) is 0 Å². The zero-order valence-electron chi connectivity index (χ0n) is 14.3. The number of nitrogen functional groups attached to an aromatic ring is 1. The number of para-hydroxylation sites is 1. The van der Waals surface area contributed by atoms with E-state index in [2.05, 4.69) is 29.8 Å². The molecule has 3 nitrogen and oxygen atoms in total. The van der Waals surface area contributed by atoms with E-state index in [9.17, 15) is 0 Å². The lowest BCUT2D eigenvalue weighted by Crippen LogP contribution is -1.98. The first-order valence-corrected chi connectivity index (χ1v) is 8.74. The molecule has 1 aromatic heterocycles. The van der Waals surface area contributed by atoms with Crippen molar-refractivity contribution in [2.24, 2.45) is 0 Å². The monoisotopic (exact) mass is 319 g/mol. The van der Waals surface area contributed by atoms with E-state index in [0.717, 1.165) is 46.4 Å². The van der Waals surface area contributed by atoms with Gasteiger partial charge in [0.05, 0.1) is 5.52 Å². The van der Waals surface area contributed by atoms with Crippen LogP contribution in [-0.4, -0.2) is 10.3 Å². The Kier molecular flexibility index (Phi) is 4.99. The van der Waals surface area contributed by atoms with Crippen LogP contribution in [0.5, 0.6) is 0 Å². The lowest BCUT2D eigenvalue weighted by Gasteiger charge is -2.05. The molecule has 3 rings (SSSR count). The second-order valence-electron chi connectivity index (χ2n) is 6.31. The van der Waals surface area contributed by atoms with E-state index >= 15 is 0 Å². The number of hydrogen-bond acceptors (Lipinski definition) is 2.